The maximum atomic E-state index is 12.5. The summed E-state index contributed by atoms with van der Waals surface area (Å²) in [5.41, 5.74) is 6.39. The first-order valence-electron chi connectivity index (χ1n) is 9.38. The lowest BCUT2D eigenvalue weighted by Gasteiger charge is -2.18. The molecule has 6 heteroatoms. The molecule has 1 unspecified atom stereocenters. The van der Waals surface area contributed by atoms with Crippen molar-refractivity contribution < 1.29 is 19.4 Å². The number of aryl methyl sites for hydroxylation is 2. The van der Waals surface area contributed by atoms with Crippen molar-refractivity contribution in [2.45, 2.75) is 51.0 Å². The molecular formula is C21H22N2O4. The minimum atomic E-state index is -1.27. The van der Waals surface area contributed by atoms with Crippen LogP contribution in [0, 0.1) is 0 Å². The lowest BCUT2D eigenvalue weighted by atomic mass is 9.99. The van der Waals surface area contributed by atoms with Crippen molar-refractivity contribution in [3.63, 3.8) is 0 Å². The summed E-state index contributed by atoms with van der Waals surface area (Å²) in [6.45, 7) is 0. The average Bonchev–Trinajstić information content (AvgIpc) is 3.31. The number of carbonyl (C=O) groups is 2. The molecular weight excluding hydrogens is 344 g/mol. The summed E-state index contributed by atoms with van der Waals surface area (Å²) in [7, 11) is 0. The monoisotopic (exact) mass is 366 g/mol. The van der Waals surface area contributed by atoms with Crippen LogP contribution >= 0.6 is 0 Å². The van der Waals surface area contributed by atoms with Crippen LogP contribution in [0.25, 0.3) is 0 Å². The number of nitrogens with zero attached hydrogens (tertiary/aromatic N) is 1. The quantitative estimate of drug-likeness (QED) is 0.848. The van der Waals surface area contributed by atoms with Crippen LogP contribution in [0.3, 0.4) is 0 Å². The van der Waals surface area contributed by atoms with E-state index in [-0.39, 0.29) is 6.42 Å². The molecule has 1 aromatic carbocycles. The first kappa shape index (κ1) is 17.5. The lowest BCUT2D eigenvalue weighted by molar-refractivity contribution is -0.146. The van der Waals surface area contributed by atoms with E-state index in [9.17, 15) is 14.7 Å². The van der Waals surface area contributed by atoms with Crippen molar-refractivity contribution in [2.24, 2.45) is 0 Å². The second-order valence-corrected chi connectivity index (χ2v) is 7.12. The third-order valence-electron chi connectivity index (χ3n) is 5.35. The van der Waals surface area contributed by atoms with E-state index in [1.807, 2.05) is 0 Å². The summed E-state index contributed by atoms with van der Waals surface area (Å²) >= 11 is 0. The zero-order valence-corrected chi connectivity index (χ0v) is 15.0. The van der Waals surface area contributed by atoms with Gasteiger partial charge >= 0.3 is 12.1 Å². The molecule has 4 rings (SSSR count). The Labute approximate surface area is 157 Å². The maximum Gasteiger partial charge on any atom is 0.412 e. The highest BCUT2D eigenvalue weighted by Gasteiger charge is 2.28. The minimum absolute atomic E-state index is 0.0363. The van der Waals surface area contributed by atoms with E-state index >= 15 is 0 Å². The molecule has 0 fully saturated rings. The molecule has 1 amide bonds. The van der Waals surface area contributed by atoms with Crippen molar-refractivity contribution in [1.82, 2.24) is 4.98 Å². The Hall–Kier alpha value is -2.89. The van der Waals surface area contributed by atoms with Gasteiger partial charge in [-0.15, -0.1) is 0 Å². The van der Waals surface area contributed by atoms with Crippen molar-refractivity contribution in [1.29, 1.82) is 0 Å². The Bertz CT molecular complexity index is 847. The average molecular weight is 366 g/mol. The number of pyridine rings is 1. The van der Waals surface area contributed by atoms with Gasteiger partial charge in [-0.05, 0) is 72.9 Å². The van der Waals surface area contributed by atoms with Gasteiger partial charge in [0.25, 0.3) is 0 Å². The topological polar surface area (TPSA) is 88.5 Å². The largest absolute Gasteiger partial charge is 0.478 e. The van der Waals surface area contributed by atoms with Gasteiger partial charge in [0.15, 0.2) is 0 Å². The molecule has 0 radical (unpaired) electrons. The highest BCUT2D eigenvalue weighted by atomic mass is 16.6. The number of aromatic nitrogens is 1. The molecule has 0 saturated carbocycles. The second-order valence-electron chi connectivity index (χ2n) is 7.12. The number of aliphatic carboxylic acids is 1. The summed E-state index contributed by atoms with van der Waals surface area (Å²) in [6.07, 6.45) is 5.74. The molecule has 1 aromatic heterocycles. The number of hydrogen-bond donors (Lipinski definition) is 2. The molecule has 27 heavy (non-hydrogen) atoms. The fourth-order valence-corrected chi connectivity index (χ4v) is 4.12. The molecule has 2 aliphatic carbocycles. The van der Waals surface area contributed by atoms with E-state index < -0.39 is 18.2 Å². The smallest absolute Gasteiger partial charge is 0.412 e. The second kappa shape index (κ2) is 7.39. The highest BCUT2D eigenvalue weighted by Crippen LogP contribution is 2.38. The number of nitrogens with one attached hydrogen (secondary N) is 1. The summed E-state index contributed by atoms with van der Waals surface area (Å²) in [6, 6.07) is 7.53. The van der Waals surface area contributed by atoms with Crippen LogP contribution in [0.1, 0.15) is 40.8 Å². The molecule has 2 aromatic rings. The minimum Gasteiger partial charge on any atom is -0.478 e. The van der Waals surface area contributed by atoms with Crippen molar-refractivity contribution in [2.75, 3.05) is 5.32 Å². The summed E-state index contributed by atoms with van der Waals surface area (Å²) < 4.78 is 5.25. The van der Waals surface area contributed by atoms with Gasteiger partial charge in [0, 0.05) is 18.3 Å². The Morgan fingerprint density at radius 3 is 2.41 bits per heavy atom. The van der Waals surface area contributed by atoms with Crippen LogP contribution in [0.4, 0.5) is 10.5 Å². The van der Waals surface area contributed by atoms with E-state index in [1.165, 1.54) is 22.3 Å². The first-order valence-corrected chi connectivity index (χ1v) is 9.38. The lowest BCUT2D eigenvalue weighted by Crippen LogP contribution is -2.32. The van der Waals surface area contributed by atoms with Gasteiger partial charge < -0.3 is 9.84 Å². The van der Waals surface area contributed by atoms with Gasteiger partial charge in [-0.1, -0.05) is 12.1 Å². The van der Waals surface area contributed by atoms with Gasteiger partial charge in [0.1, 0.15) is 0 Å². The number of rotatable bonds is 5. The summed E-state index contributed by atoms with van der Waals surface area (Å²) in [5, 5.41) is 12.3. The van der Waals surface area contributed by atoms with E-state index in [0.29, 0.717) is 5.69 Å². The van der Waals surface area contributed by atoms with Crippen LogP contribution < -0.4 is 5.32 Å². The number of carboxylic acids is 1. The zero-order chi connectivity index (χ0) is 18.8. The number of benzene rings is 1. The van der Waals surface area contributed by atoms with E-state index in [2.05, 4.69) is 16.4 Å². The molecule has 0 saturated heterocycles. The van der Waals surface area contributed by atoms with E-state index in [1.54, 1.807) is 24.4 Å². The number of amides is 1. The molecule has 2 aliphatic rings. The van der Waals surface area contributed by atoms with E-state index in [4.69, 9.17) is 4.74 Å². The third-order valence-corrected chi connectivity index (χ3v) is 5.35. The fraction of sp³-hybridized carbons (Fsp3) is 0.381. The number of ether oxygens (including phenoxy) is 1. The Kier molecular flexibility index (Phi) is 4.79. The molecule has 2 N–H and O–H groups in total. The van der Waals surface area contributed by atoms with Crippen LogP contribution in [0.15, 0.2) is 30.5 Å². The van der Waals surface area contributed by atoms with Crippen molar-refractivity contribution >= 4 is 17.7 Å². The van der Waals surface area contributed by atoms with Gasteiger partial charge in [0.2, 0.25) is 6.10 Å². The fourth-order valence-electron chi connectivity index (χ4n) is 4.12. The normalized spacial score (nSPS) is 15.7. The van der Waals surface area contributed by atoms with Crippen LogP contribution in [-0.2, 0) is 41.6 Å². The van der Waals surface area contributed by atoms with Crippen LogP contribution in [-0.4, -0.2) is 28.3 Å². The van der Waals surface area contributed by atoms with Gasteiger partial charge in [-0.3, -0.25) is 10.3 Å². The number of anilines is 1. The van der Waals surface area contributed by atoms with E-state index in [0.717, 1.165) is 44.2 Å². The zero-order valence-electron chi connectivity index (χ0n) is 15.0. The Balaban J connectivity index is 1.52. The van der Waals surface area contributed by atoms with Crippen molar-refractivity contribution in [3.05, 3.63) is 58.4 Å². The summed E-state index contributed by atoms with van der Waals surface area (Å²) in [5.74, 6) is -1.18. The number of fused-ring (bicyclic) bond motifs is 2. The molecule has 0 spiro atoms. The number of carboxylic acid groups (broad SMARTS) is 1. The molecule has 1 atom stereocenters. The van der Waals surface area contributed by atoms with Crippen LogP contribution in [0.5, 0.6) is 0 Å². The molecule has 140 valence electrons. The first-order chi connectivity index (χ1) is 13.1. The maximum absolute atomic E-state index is 12.5. The third kappa shape index (κ3) is 3.65. The Morgan fingerprint density at radius 2 is 1.81 bits per heavy atom. The van der Waals surface area contributed by atoms with Gasteiger partial charge in [-0.2, -0.15) is 0 Å². The molecule has 0 aliphatic heterocycles. The SMILES string of the molecule is O=C(Nc1c2c(cc3c1CCC3)CCC2)OC(Cc1ccccn1)C(=O)O. The summed E-state index contributed by atoms with van der Waals surface area (Å²) in [4.78, 5) is 28.1. The number of hydrogen-bond acceptors (Lipinski definition) is 4. The predicted molar refractivity (Wildman–Crippen MR) is 100.0 cm³/mol. The highest BCUT2D eigenvalue weighted by molar-refractivity contribution is 5.90. The molecule has 0 bridgehead atoms. The van der Waals surface area contributed by atoms with Gasteiger partial charge in [-0.25, -0.2) is 9.59 Å². The van der Waals surface area contributed by atoms with Gasteiger partial charge in [0.05, 0.1) is 5.69 Å². The predicted octanol–water partition coefficient (Wildman–Crippen LogP) is 3.30. The molecule has 6 nitrogen and oxygen atoms in total. The molecule has 1 heterocycles. The van der Waals surface area contributed by atoms with Crippen LogP contribution in [0.2, 0.25) is 0 Å². The Morgan fingerprint density at radius 1 is 1.11 bits per heavy atom. The standard InChI is InChI=1S/C21H22N2O4/c24-20(25)18(12-15-7-1-2-10-22-15)27-21(26)23-19-16-8-3-5-13(16)11-14-6-4-9-17(14)19/h1-2,7,10-11,18H,3-6,8-9,12H2,(H,23,26)(H,24,25). The number of carbonyl (C=O) groups excluding carboxylic acids is 1. The van der Waals surface area contributed by atoms with Crippen molar-refractivity contribution in [3.8, 4) is 0 Å².